The molecule has 0 saturated heterocycles. The van der Waals surface area contributed by atoms with E-state index in [4.69, 9.17) is 4.74 Å². The van der Waals surface area contributed by atoms with Crippen molar-refractivity contribution in [2.45, 2.75) is 6.10 Å². The number of halogens is 1. The summed E-state index contributed by atoms with van der Waals surface area (Å²) in [6.07, 6.45) is 0.787. The Morgan fingerprint density at radius 1 is 1.41 bits per heavy atom. The van der Waals surface area contributed by atoms with Crippen molar-refractivity contribution >= 4 is 0 Å². The maximum absolute atomic E-state index is 13.5. The highest BCUT2D eigenvalue weighted by Gasteiger charge is 2.15. The first-order chi connectivity index (χ1) is 8.11. The van der Waals surface area contributed by atoms with Crippen molar-refractivity contribution < 1.29 is 14.2 Å². The highest BCUT2D eigenvalue weighted by atomic mass is 19.1. The summed E-state index contributed by atoms with van der Waals surface area (Å²) in [5, 5.41) is 14.1. The molecule has 0 spiro atoms. The lowest BCUT2D eigenvalue weighted by atomic mass is 10.1. The molecule has 17 heavy (non-hydrogen) atoms. The molecule has 0 aliphatic heterocycles. The van der Waals surface area contributed by atoms with Crippen LogP contribution in [0.25, 0.3) is 0 Å². The number of nitrogens with zero attached hydrogens (tertiary/aromatic N) is 2. The number of aliphatic hydroxyl groups is 1. The van der Waals surface area contributed by atoms with Crippen LogP contribution in [0.2, 0.25) is 0 Å². The molecule has 0 bridgehead atoms. The lowest BCUT2D eigenvalue weighted by Gasteiger charge is -2.09. The van der Waals surface area contributed by atoms with E-state index in [9.17, 15) is 9.50 Å². The summed E-state index contributed by atoms with van der Waals surface area (Å²) < 4.78 is 19.9. The van der Waals surface area contributed by atoms with Gasteiger partial charge in [0.1, 0.15) is 6.10 Å². The average Bonchev–Trinajstić information content (AvgIpc) is 2.75. The van der Waals surface area contributed by atoms with Gasteiger partial charge in [-0.15, -0.1) is 0 Å². The van der Waals surface area contributed by atoms with E-state index in [0.29, 0.717) is 11.3 Å². The van der Waals surface area contributed by atoms with Gasteiger partial charge in [0.2, 0.25) is 0 Å². The molecular weight excluding hydrogens is 223 g/mol. The Morgan fingerprint density at radius 2 is 2.18 bits per heavy atom. The van der Waals surface area contributed by atoms with E-state index in [1.165, 1.54) is 19.2 Å². The molecule has 1 atom stereocenters. The van der Waals surface area contributed by atoms with E-state index in [0.717, 1.165) is 0 Å². The van der Waals surface area contributed by atoms with Gasteiger partial charge in [-0.2, -0.15) is 5.10 Å². The van der Waals surface area contributed by atoms with Crippen LogP contribution in [-0.4, -0.2) is 22.0 Å². The van der Waals surface area contributed by atoms with Gasteiger partial charge in [-0.1, -0.05) is 6.07 Å². The van der Waals surface area contributed by atoms with Gasteiger partial charge in [0.15, 0.2) is 11.6 Å². The molecule has 1 heterocycles. The number of aliphatic hydroxyl groups excluding tert-OH is 1. The van der Waals surface area contributed by atoms with E-state index in [2.05, 4.69) is 5.10 Å². The van der Waals surface area contributed by atoms with Crippen LogP contribution in [0.5, 0.6) is 5.75 Å². The molecule has 1 aromatic carbocycles. The normalized spacial score (nSPS) is 12.5. The molecule has 0 saturated carbocycles. The Kier molecular flexibility index (Phi) is 3.10. The zero-order chi connectivity index (χ0) is 12.4. The molecule has 0 radical (unpaired) electrons. The maximum atomic E-state index is 13.5. The standard InChI is InChI=1S/C12H13FN2O2/c1-15-6-5-10(14-15)12(16)8-3-4-11(17-2)9(13)7-8/h3-7,12,16H,1-2H3. The van der Waals surface area contributed by atoms with Gasteiger partial charge < -0.3 is 9.84 Å². The minimum absolute atomic E-state index is 0.155. The molecule has 1 aromatic heterocycles. The Labute approximate surface area is 98.3 Å². The molecule has 2 aromatic rings. The van der Waals surface area contributed by atoms with Crippen LogP contribution in [0.3, 0.4) is 0 Å². The summed E-state index contributed by atoms with van der Waals surface area (Å²) in [4.78, 5) is 0. The quantitative estimate of drug-likeness (QED) is 0.881. The maximum Gasteiger partial charge on any atom is 0.165 e. The molecule has 0 amide bonds. The Hall–Kier alpha value is -1.88. The summed E-state index contributed by atoms with van der Waals surface area (Å²) in [5.74, 6) is -0.345. The monoisotopic (exact) mass is 236 g/mol. The van der Waals surface area contributed by atoms with Crippen LogP contribution >= 0.6 is 0 Å². The van der Waals surface area contributed by atoms with E-state index < -0.39 is 11.9 Å². The Morgan fingerprint density at radius 3 is 2.71 bits per heavy atom. The molecule has 1 N–H and O–H groups in total. The van der Waals surface area contributed by atoms with Crippen molar-refractivity contribution in [3.8, 4) is 5.75 Å². The van der Waals surface area contributed by atoms with Crippen LogP contribution in [0.4, 0.5) is 4.39 Å². The fraction of sp³-hybridized carbons (Fsp3) is 0.250. The third-order valence-electron chi connectivity index (χ3n) is 2.51. The van der Waals surface area contributed by atoms with E-state index in [1.807, 2.05) is 0 Å². The topological polar surface area (TPSA) is 47.3 Å². The summed E-state index contributed by atoms with van der Waals surface area (Å²) in [7, 11) is 3.15. The van der Waals surface area contributed by atoms with Crippen LogP contribution in [0.1, 0.15) is 17.4 Å². The predicted octanol–water partition coefficient (Wildman–Crippen LogP) is 1.65. The Balaban J connectivity index is 2.31. The third kappa shape index (κ3) is 2.29. The second kappa shape index (κ2) is 4.55. The van der Waals surface area contributed by atoms with Gasteiger partial charge >= 0.3 is 0 Å². The first-order valence-electron chi connectivity index (χ1n) is 5.13. The van der Waals surface area contributed by atoms with Crippen molar-refractivity contribution in [1.29, 1.82) is 0 Å². The number of aryl methyl sites for hydroxylation is 1. The molecule has 0 aliphatic rings. The largest absolute Gasteiger partial charge is 0.494 e. The summed E-state index contributed by atoms with van der Waals surface area (Å²) >= 11 is 0. The number of benzene rings is 1. The van der Waals surface area contributed by atoms with Crippen molar-refractivity contribution in [3.63, 3.8) is 0 Å². The number of methoxy groups -OCH3 is 1. The summed E-state index contributed by atoms with van der Waals surface area (Å²) in [6.45, 7) is 0. The third-order valence-corrected chi connectivity index (χ3v) is 2.51. The van der Waals surface area contributed by atoms with E-state index in [1.54, 1.807) is 30.1 Å². The van der Waals surface area contributed by atoms with Crippen LogP contribution in [0, 0.1) is 5.82 Å². The highest BCUT2D eigenvalue weighted by molar-refractivity contribution is 5.33. The number of hydrogen-bond donors (Lipinski definition) is 1. The molecular formula is C12H13FN2O2. The molecule has 90 valence electrons. The second-order valence-electron chi connectivity index (χ2n) is 3.71. The van der Waals surface area contributed by atoms with Crippen molar-refractivity contribution in [1.82, 2.24) is 9.78 Å². The smallest absolute Gasteiger partial charge is 0.165 e. The van der Waals surface area contributed by atoms with E-state index >= 15 is 0 Å². The zero-order valence-electron chi connectivity index (χ0n) is 9.59. The molecule has 0 fully saturated rings. The molecule has 5 heteroatoms. The lowest BCUT2D eigenvalue weighted by molar-refractivity contribution is 0.213. The SMILES string of the molecule is COc1ccc(C(O)c2ccn(C)n2)cc1F. The first-order valence-corrected chi connectivity index (χ1v) is 5.13. The minimum atomic E-state index is -0.934. The van der Waals surface area contributed by atoms with Gasteiger partial charge in [-0.25, -0.2) is 4.39 Å². The summed E-state index contributed by atoms with van der Waals surface area (Å²) in [5.41, 5.74) is 0.930. The van der Waals surface area contributed by atoms with E-state index in [-0.39, 0.29) is 5.75 Å². The van der Waals surface area contributed by atoms with Crippen molar-refractivity contribution in [2.75, 3.05) is 7.11 Å². The highest BCUT2D eigenvalue weighted by Crippen LogP contribution is 2.25. The van der Waals surface area contributed by atoms with Gasteiger partial charge in [0.25, 0.3) is 0 Å². The zero-order valence-corrected chi connectivity index (χ0v) is 9.59. The average molecular weight is 236 g/mol. The minimum Gasteiger partial charge on any atom is -0.494 e. The van der Waals surface area contributed by atoms with Gasteiger partial charge in [0, 0.05) is 13.2 Å². The number of hydrogen-bond acceptors (Lipinski definition) is 3. The number of aromatic nitrogens is 2. The Bertz CT molecular complexity index is 525. The fourth-order valence-corrected chi connectivity index (χ4v) is 1.60. The second-order valence-corrected chi connectivity index (χ2v) is 3.71. The predicted molar refractivity (Wildman–Crippen MR) is 60.2 cm³/mol. The number of rotatable bonds is 3. The van der Waals surface area contributed by atoms with Gasteiger partial charge in [-0.3, -0.25) is 4.68 Å². The van der Waals surface area contributed by atoms with Crippen LogP contribution in [-0.2, 0) is 7.05 Å². The molecule has 2 rings (SSSR count). The van der Waals surface area contributed by atoms with Gasteiger partial charge in [0.05, 0.1) is 12.8 Å². The molecule has 4 nitrogen and oxygen atoms in total. The fourth-order valence-electron chi connectivity index (χ4n) is 1.60. The molecule has 1 unspecified atom stereocenters. The van der Waals surface area contributed by atoms with Crippen molar-refractivity contribution in [3.05, 3.63) is 47.5 Å². The van der Waals surface area contributed by atoms with Crippen LogP contribution < -0.4 is 4.74 Å². The van der Waals surface area contributed by atoms with Crippen molar-refractivity contribution in [2.24, 2.45) is 7.05 Å². The van der Waals surface area contributed by atoms with Crippen LogP contribution in [0.15, 0.2) is 30.5 Å². The lowest BCUT2D eigenvalue weighted by Crippen LogP contribution is -2.02. The molecule has 0 aliphatic carbocycles. The summed E-state index contributed by atoms with van der Waals surface area (Å²) in [6, 6.07) is 6.03. The number of ether oxygens (including phenoxy) is 1. The van der Waals surface area contributed by atoms with Gasteiger partial charge in [-0.05, 0) is 23.8 Å². The first kappa shape index (κ1) is 11.6.